The molecule has 1 aromatic carbocycles. The number of nitrogens with two attached hydrogens (primary N) is 1. The molecule has 0 saturated carbocycles. The van der Waals surface area contributed by atoms with Crippen LogP contribution in [0.25, 0.3) is 0 Å². The number of hydrogen-bond acceptors (Lipinski definition) is 4. The lowest BCUT2D eigenvalue weighted by molar-refractivity contribution is 0.323. The summed E-state index contributed by atoms with van der Waals surface area (Å²) in [6, 6.07) is 3.87. The molecule has 0 saturated heterocycles. The molecule has 0 aliphatic carbocycles. The predicted octanol–water partition coefficient (Wildman–Crippen LogP) is 2.33. The molecule has 0 fully saturated rings. The Morgan fingerprint density at radius 3 is 2.06 bits per heavy atom. The van der Waals surface area contributed by atoms with Crippen molar-refractivity contribution in [1.29, 1.82) is 0 Å². The second-order valence-electron chi connectivity index (χ2n) is 3.92. The molecule has 0 heterocycles. The molecule has 0 bridgehead atoms. The van der Waals surface area contributed by atoms with E-state index in [4.69, 9.17) is 19.9 Å². The van der Waals surface area contributed by atoms with Crippen molar-refractivity contribution in [2.45, 2.75) is 12.3 Å². The first kappa shape index (κ1) is 14.4. The minimum atomic E-state index is 0.205. The van der Waals surface area contributed by atoms with Crippen molar-refractivity contribution >= 4 is 0 Å². The molecular formula is C14H21NO3. The van der Waals surface area contributed by atoms with E-state index in [0.717, 1.165) is 12.0 Å². The Labute approximate surface area is 108 Å². The van der Waals surface area contributed by atoms with Crippen LogP contribution in [-0.2, 0) is 0 Å². The molecule has 100 valence electrons. The van der Waals surface area contributed by atoms with Crippen LogP contribution in [0.4, 0.5) is 0 Å². The van der Waals surface area contributed by atoms with Gasteiger partial charge in [0.1, 0.15) is 0 Å². The maximum Gasteiger partial charge on any atom is 0.203 e. The molecule has 4 nitrogen and oxygen atoms in total. The maximum absolute atomic E-state index is 5.78. The van der Waals surface area contributed by atoms with Gasteiger partial charge in [-0.2, -0.15) is 0 Å². The van der Waals surface area contributed by atoms with Gasteiger partial charge in [-0.15, -0.1) is 6.58 Å². The summed E-state index contributed by atoms with van der Waals surface area (Å²) >= 11 is 0. The molecular weight excluding hydrogens is 230 g/mol. The average Bonchev–Trinajstić information content (AvgIpc) is 2.42. The monoisotopic (exact) mass is 251 g/mol. The lowest BCUT2D eigenvalue weighted by Gasteiger charge is -2.18. The van der Waals surface area contributed by atoms with Crippen molar-refractivity contribution < 1.29 is 14.2 Å². The van der Waals surface area contributed by atoms with E-state index in [2.05, 4.69) is 6.58 Å². The van der Waals surface area contributed by atoms with Crippen LogP contribution in [0.5, 0.6) is 17.2 Å². The van der Waals surface area contributed by atoms with Gasteiger partial charge in [-0.25, -0.2) is 0 Å². The highest BCUT2D eigenvalue weighted by molar-refractivity contribution is 5.54. The summed E-state index contributed by atoms with van der Waals surface area (Å²) in [5.74, 6) is 2.10. The van der Waals surface area contributed by atoms with Gasteiger partial charge in [-0.05, 0) is 36.6 Å². The first-order valence-corrected chi connectivity index (χ1v) is 5.82. The molecule has 0 aromatic heterocycles. The van der Waals surface area contributed by atoms with Gasteiger partial charge in [0, 0.05) is 0 Å². The molecule has 4 heteroatoms. The van der Waals surface area contributed by atoms with Gasteiger partial charge in [-0.3, -0.25) is 0 Å². The lowest BCUT2D eigenvalue weighted by Crippen LogP contribution is -2.12. The van der Waals surface area contributed by atoms with Crippen LogP contribution in [0.15, 0.2) is 24.8 Å². The summed E-state index contributed by atoms with van der Waals surface area (Å²) in [6.07, 6.45) is 2.68. The van der Waals surface area contributed by atoms with E-state index in [1.807, 2.05) is 18.2 Å². The largest absolute Gasteiger partial charge is 0.493 e. The van der Waals surface area contributed by atoms with E-state index in [1.165, 1.54) is 0 Å². The molecule has 1 aromatic rings. The van der Waals surface area contributed by atoms with Crippen molar-refractivity contribution in [1.82, 2.24) is 0 Å². The zero-order chi connectivity index (χ0) is 13.5. The topological polar surface area (TPSA) is 53.7 Å². The molecule has 1 rings (SSSR count). The Balaban J connectivity index is 3.25. The highest BCUT2D eigenvalue weighted by atomic mass is 16.5. The lowest BCUT2D eigenvalue weighted by atomic mass is 9.95. The maximum atomic E-state index is 5.78. The van der Waals surface area contributed by atoms with Crippen molar-refractivity contribution in [2.75, 3.05) is 27.9 Å². The molecule has 0 radical (unpaired) electrons. The fraction of sp³-hybridized carbons (Fsp3) is 0.429. The molecule has 0 aliphatic rings. The number of rotatable bonds is 7. The first-order chi connectivity index (χ1) is 8.71. The van der Waals surface area contributed by atoms with Crippen molar-refractivity contribution in [3.63, 3.8) is 0 Å². The van der Waals surface area contributed by atoms with Crippen LogP contribution in [0, 0.1) is 0 Å². The smallest absolute Gasteiger partial charge is 0.203 e. The van der Waals surface area contributed by atoms with E-state index in [9.17, 15) is 0 Å². The number of hydrogen-bond donors (Lipinski definition) is 1. The third-order valence-electron chi connectivity index (χ3n) is 2.89. The number of methoxy groups -OCH3 is 3. The first-order valence-electron chi connectivity index (χ1n) is 5.82. The van der Waals surface area contributed by atoms with Gasteiger partial charge in [0.25, 0.3) is 0 Å². The molecule has 0 spiro atoms. The third kappa shape index (κ3) is 2.96. The molecule has 0 amide bonds. The number of allylic oxidation sites excluding steroid dienone is 1. The summed E-state index contributed by atoms with van der Waals surface area (Å²) in [6.45, 7) is 4.30. The minimum Gasteiger partial charge on any atom is -0.493 e. The Morgan fingerprint density at radius 1 is 1.17 bits per heavy atom. The van der Waals surface area contributed by atoms with Crippen LogP contribution < -0.4 is 19.9 Å². The van der Waals surface area contributed by atoms with Crippen LogP contribution in [-0.4, -0.2) is 27.9 Å². The molecule has 0 unspecified atom stereocenters. The van der Waals surface area contributed by atoms with Crippen LogP contribution >= 0.6 is 0 Å². The van der Waals surface area contributed by atoms with Crippen LogP contribution in [0.3, 0.4) is 0 Å². The van der Waals surface area contributed by atoms with Crippen molar-refractivity contribution in [2.24, 2.45) is 5.73 Å². The van der Waals surface area contributed by atoms with Crippen molar-refractivity contribution in [3.8, 4) is 17.2 Å². The van der Waals surface area contributed by atoms with E-state index in [-0.39, 0.29) is 5.92 Å². The van der Waals surface area contributed by atoms with Gasteiger partial charge < -0.3 is 19.9 Å². The molecule has 2 N–H and O–H groups in total. The standard InChI is InChI=1S/C14H21NO3/c1-5-6-10(9-15)11-7-12(16-2)14(18-4)13(8-11)17-3/h5,7-8,10H,1,6,9,15H2,2-4H3/t10-/m0/s1. The molecule has 1 atom stereocenters. The van der Waals surface area contributed by atoms with Gasteiger partial charge in [-0.1, -0.05) is 6.08 Å². The molecule has 18 heavy (non-hydrogen) atoms. The fourth-order valence-electron chi connectivity index (χ4n) is 1.91. The number of benzene rings is 1. The average molecular weight is 251 g/mol. The van der Waals surface area contributed by atoms with E-state index < -0.39 is 0 Å². The molecule has 0 aliphatic heterocycles. The second-order valence-corrected chi connectivity index (χ2v) is 3.92. The van der Waals surface area contributed by atoms with Gasteiger partial charge in [0.2, 0.25) is 5.75 Å². The normalized spacial score (nSPS) is 11.8. The predicted molar refractivity (Wildman–Crippen MR) is 72.7 cm³/mol. The zero-order valence-corrected chi connectivity index (χ0v) is 11.2. The summed E-state index contributed by atoms with van der Waals surface area (Å²) in [7, 11) is 4.79. The van der Waals surface area contributed by atoms with E-state index >= 15 is 0 Å². The Hall–Kier alpha value is -1.68. The van der Waals surface area contributed by atoms with E-state index in [1.54, 1.807) is 21.3 Å². The summed E-state index contributed by atoms with van der Waals surface area (Å²) in [4.78, 5) is 0. The third-order valence-corrected chi connectivity index (χ3v) is 2.89. The van der Waals surface area contributed by atoms with Gasteiger partial charge in [0.05, 0.1) is 21.3 Å². The highest BCUT2D eigenvalue weighted by Gasteiger charge is 2.17. The Kier molecular flexibility index (Phi) is 5.52. The Bertz CT molecular complexity index is 379. The Morgan fingerprint density at radius 2 is 1.72 bits per heavy atom. The quantitative estimate of drug-likeness (QED) is 0.756. The summed E-state index contributed by atoms with van der Waals surface area (Å²) in [5.41, 5.74) is 6.85. The van der Waals surface area contributed by atoms with E-state index in [0.29, 0.717) is 23.8 Å². The SMILES string of the molecule is C=CC[C@@H](CN)c1cc(OC)c(OC)c(OC)c1. The van der Waals surface area contributed by atoms with Gasteiger partial charge >= 0.3 is 0 Å². The number of ether oxygens (including phenoxy) is 3. The van der Waals surface area contributed by atoms with Crippen LogP contribution in [0.2, 0.25) is 0 Å². The fourth-order valence-corrected chi connectivity index (χ4v) is 1.91. The summed E-state index contributed by atoms with van der Waals surface area (Å²) in [5, 5.41) is 0. The summed E-state index contributed by atoms with van der Waals surface area (Å²) < 4.78 is 15.9. The van der Waals surface area contributed by atoms with Crippen LogP contribution in [0.1, 0.15) is 17.9 Å². The second kappa shape index (κ2) is 6.91. The zero-order valence-electron chi connectivity index (χ0n) is 11.2. The van der Waals surface area contributed by atoms with Crippen molar-refractivity contribution in [3.05, 3.63) is 30.4 Å². The van der Waals surface area contributed by atoms with Gasteiger partial charge in [0.15, 0.2) is 11.5 Å². The minimum absolute atomic E-state index is 0.205. The highest BCUT2D eigenvalue weighted by Crippen LogP contribution is 2.40.